The molecule has 2 N–H and O–H groups in total. The Balaban J connectivity index is 0.00000312. The molecule has 1 aromatic carbocycles. The van der Waals surface area contributed by atoms with Gasteiger partial charge >= 0.3 is 6.18 Å². The van der Waals surface area contributed by atoms with Crippen LogP contribution >= 0.6 is 24.0 Å². The fraction of sp³-hybridized carbons (Fsp3) is 0.471. The van der Waals surface area contributed by atoms with Gasteiger partial charge < -0.3 is 10.6 Å². The van der Waals surface area contributed by atoms with Crippen molar-refractivity contribution in [2.24, 2.45) is 4.99 Å². The number of aliphatic imine (C=N–C) groups is 1. The quantitative estimate of drug-likeness (QED) is 0.311. The number of hydrogen-bond acceptors (Lipinski definition) is 2. The number of nitrogens with zero attached hydrogens (tertiary/aromatic N) is 2. The number of likely N-dealkylation sites (tertiary alicyclic amines) is 1. The van der Waals surface area contributed by atoms with Gasteiger partial charge in [0.2, 0.25) is 0 Å². The van der Waals surface area contributed by atoms with E-state index in [1.165, 1.54) is 12.1 Å². The maximum atomic E-state index is 12.6. The van der Waals surface area contributed by atoms with Crippen molar-refractivity contribution in [3.63, 3.8) is 0 Å². The molecule has 0 spiro atoms. The Morgan fingerprint density at radius 2 is 2.04 bits per heavy atom. The van der Waals surface area contributed by atoms with E-state index in [9.17, 15) is 13.2 Å². The van der Waals surface area contributed by atoms with Gasteiger partial charge in [-0.15, -0.1) is 30.4 Å². The van der Waals surface area contributed by atoms with Crippen LogP contribution < -0.4 is 10.6 Å². The molecule has 8 heteroatoms. The van der Waals surface area contributed by atoms with Gasteiger partial charge in [-0.25, -0.2) is 0 Å². The fourth-order valence-corrected chi connectivity index (χ4v) is 2.67. The Kier molecular flexibility index (Phi) is 8.52. The molecule has 0 aliphatic carbocycles. The average Bonchev–Trinajstić information content (AvgIpc) is 2.98. The summed E-state index contributed by atoms with van der Waals surface area (Å²) in [5.41, 5.74) is 0.258. The standard InChI is InChI=1S/C17H21F3N4.HI/c1-3-9-22-16(21-2)23-15-8-10-24(12-15)11-13-4-6-14(7-5-13)17(18,19)20;/h1,4-7,15H,8-12H2,2H3,(H2,21,22,23);1H. The second kappa shape index (κ2) is 9.87. The fourth-order valence-electron chi connectivity index (χ4n) is 2.67. The monoisotopic (exact) mass is 466 g/mol. The topological polar surface area (TPSA) is 39.7 Å². The van der Waals surface area contributed by atoms with E-state index < -0.39 is 11.7 Å². The van der Waals surface area contributed by atoms with E-state index in [1.807, 2.05) is 0 Å². The molecule has 0 aromatic heterocycles. The number of hydrogen-bond donors (Lipinski definition) is 2. The van der Waals surface area contributed by atoms with E-state index >= 15 is 0 Å². The van der Waals surface area contributed by atoms with Crippen LogP contribution in [0.3, 0.4) is 0 Å². The van der Waals surface area contributed by atoms with E-state index in [1.54, 1.807) is 7.05 Å². The lowest BCUT2D eigenvalue weighted by Crippen LogP contribution is -2.44. The van der Waals surface area contributed by atoms with Gasteiger partial charge in [0.05, 0.1) is 12.1 Å². The molecule has 0 amide bonds. The lowest BCUT2D eigenvalue weighted by molar-refractivity contribution is -0.137. The zero-order valence-corrected chi connectivity index (χ0v) is 16.3. The minimum absolute atomic E-state index is 0. The number of halogens is 4. The van der Waals surface area contributed by atoms with Crippen molar-refractivity contribution in [2.75, 3.05) is 26.7 Å². The van der Waals surface area contributed by atoms with Crippen molar-refractivity contribution in [2.45, 2.75) is 25.2 Å². The molecule has 1 aliphatic heterocycles. The molecule has 1 fully saturated rings. The predicted molar refractivity (Wildman–Crippen MR) is 104 cm³/mol. The van der Waals surface area contributed by atoms with Crippen LogP contribution in [0.1, 0.15) is 17.5 Å². The molecule has 0 saturated carbocycles. The van der Waals surface area contributed by atoms with Gasteiger partial charge in [-0.05, 0) is 24.1 Å². The maximum Gasteiger partial charge on any atom is 0.416 e. The van der Waals surface area contributed by atoms with Gasteiger partial charge in [-0.3, -0.25) is 9.89 Å². The minimum atomic E-state index is -4.29. The third kappa shape index (κ3) is 6.74. The van der Waals surface area contributed by atoms with Crippen molar-refractivity contribution in [3.05, 3.63) is 35.4 Å². The summed E-state index contributed by atoms with van der Waals surface area (Å²) in [5.74, 6) is 3.15. The highest BCUT2D eigenvalue weighted by atomic mass is 127. The summed E-state index contributed by atoms with van der Waals surface area (Å²) >= 11 is 0. The first-order valence-corrected chi connectivity index (χ1v) is 7.71. The molecule has 1 saturated heterocycles. The largest absolute Gasteiger partial charge is 0.416 e. The van der Waals surface area contributed by atoms with Crippen molar-refractivity contribution in [3.8, 4) is 12.3 Å². The zero-order chi connectivity index (χ0) is 17.6. The third-order valence-electron chi connectivity index (χ3n) is 3.88. The highest BCUT2D eigenvalue weighted by Gasteiger charge is 2.30. The van der Waals surface area contributed by atoms with Gasteiger partial charge in [0.25, 0.3) is 0 Å². The first-order chi connectivity index (χ1) is 11.4. The van der Waals surface area contributed by atoms with Gasteiger partial charge in [-0.2, -0.15) is 13.2 Å². The molecule has 1 unspecified atom stereocenters. The Morgan fingerprint density at radius 1 is 1.36 bits per heavy atom. The Morgan fingerprint density at radius 3 is 2.60 bits per heavy atom. The molecular formula is C17H22F3IN4. The molecule has 1 aromatic rings. The zero-order valence-electron chi connectivity index (χ0n) is 13.9. The molecule has 0 bridgehead atoms. The molecule has 0 radical (unpaired) electrons. The summed E-state index contributed by atoms with van der Waals surface area (Å²) in [6, 6.07) is 5.58. The van der Waals surface area contributed by atoms with Gasteiger partial charge in [0.15, 0.2) is 5.96 Å². The van der Waals surface area contributed by atoms with Gasteiger partial charge in [-0.1, -0.05) is 18.1 Å². The molecule has 1 aliphatic rings. The Bertz CT molecular complexity index is 608. The van der Waals surface area contributed by atoms with E-state index in [2.05, 4.69) is 26.4 Å². The van der Waals surface area contributed by atoms with E-state index in [-0.39, 0.29) is 30.0 Å². The van der Waals surface area contributed by atoms with Crippen LogP contribution in [0, 0.1) is 12.3 Å². The summed E-state index contributed by atoms with van der Waals surface area (Å²) in [7, 11) is 1.68. The minimum Gasteiger partial charge on any atom is -0.352 e. The van der Waals surface area contributed by atoms with Crippen LogP contribution in [0.4, 0.5) is 13.2 Å². The molecular weight excluding hydrogens is 444 g/mol. The van der Waals surface area contributed by atoms with Crippen molar-refractivity contribution < 1.29 is 13.2 Å². The first-order valence-electron chi connectivity index (χ1n) is 7.71. The summed E-state index contributed by atoms with van der Waals surface area (Å²) in [6.07, 6.45) is 1.86. The molecule has 1 heterocycles. The number of alkyl halides is 3. The first kappa shape index (κ1) is 21.6. The number of guanidine groups is 1. The summed E-state index contributed by atoms with van der Waals surface area (Å²) < 4.78 is 37.7. The molecule has 138 valence electrons. The highest BCUT2D eigenvalue weighted by Crippen LogP contribution is 2.29. The summed E-state index contributed by atoms with van der Waals surface area (Å²) in [5, 5.41) is 6.31. The number of terminal acetylenes is 1. The lowest BCUT2D eigenvalue weighted by Gasteiger charge is -2.18. The van der Waals surface area contributed by atoms with Crippen molar-refractivity contribution >= 4 is 29.9 Å². The van der Waals surface area contributed by atoms with Crippen molar-refractivity contribution in [1.29, 1.82) is 0 Å². The third-order valence-corrected chi connectivity index (χ3v) is 3.88. The smallest absolute Gasteiger partial charge is 0.352 e. The SMILES string of the molecule is C#CCNC(=NC)NC1CCN(Cc2ccc(C(F)(F)F)cc2)C1.I. The number of nitrogens with one attached hydrogen (secondary N) is 2. The van der Waals surface area contributed by atoms with E-state index in [0.29, 0.717) is 19.0 Å². The lowest BCUT2D eigenvalue weighted by atomic mass is 10.1. The second-order valence-electron chi connectivity index (χ2n) is 5.69. The molecule has 4 nitrogen and oxygen atoms in total. The van der Waals surface area contributed by atoms with Gasteiger partial charge in [0, 0.05) is 32.7 Å². The van der Waals surface area contributed by atoms with Gasteiger partial charge in [0.1, 0.15) is 0 Å². The van der Waals surface area contributed by atoms with E-state index in [4.69, 9.17) is 6.42 Å². The van der Waals surface area contributed by atoms with Crippen LogP contribution in [-0.4, -0.2) is 43.6 Å². The summed E-state index contributed by atoms with van der Waals surface area (Å²) in [6.45, 7) is 2.72. The number of rotatable bonds is 4. The molecule has 25 heavy (non-hydrogen) atoms. The Labute approximate surface area is 163 Å². The normalized spacial score (nSPS) is 18.4. The predicted octanol–water partition coefficient (Wildman–Crippen LogP) is 2.70. The van der Waals surface area contributed by atoms with E-state index in [0.717, 1.165) is 37.2 Å². The molecule has 2 rings (SSSR count). The van der Waals surface area contributed by atoms with Crippen molar-refractivity contribution in [1.82, 2.24) is 15.5 Å². The Hall–Kier alpha value is -1.47. The number of benzene rings is 1. The van der Waals surface area contributed by atoms with Crippen LogP contribution in [0.15, 0.2) is 29.3 Å². The second-order valence-corrected chi connectivity index (χ2v) is 5.69. The van der Waals surface area contributed by atoms with Crippen LogP contribution in [0.5, 0.6) is 0 Å². The summed E-state index contributed by atoms with van der Waals surface area (Å²) in [4.78, 5) is 6.31. The maximum absolute atomic E-state index is 12.6. The van der Waals surface area contributed by atoms with Crippen LogP contribution in [-0.2, 0) is 12.7 Å². The average molecular weight is 466 g/mol. The highest BCUT2D eigenvalue weighted by molar-refractivity contribution is 14.0. The van der Waals surface area contributed by atoms with Crippen LogP contribution in [0.2, 0.25) is 0 Å². The molecule has 1 atom stereocenters. The van der Waals surface area contributed by atoms with Crippen LogP contribution in [0.25, 0.3) is 0 Å².